The number of phenolic OH excluding ortho intramolecular Hbond substituents is 1. The highest BCUT2D eigenvalue weighted by molar-refractivity contribution is 5.49. The van der Waals surface area contributed by atoms with Crippen molar-refractivity contribution in [2.45, 2.75) is 20.4 Å². The summed E-state index contributed by atoms with van der Waals surface area (Å²) in [4.78, 5) is 2.18. The summed E-state index contributed by atoms with van der Waals surface area (Å²) in [7, 11) is 2.06. The minimum absolute atomic E-state index is 0.189. The summed E-state index contributed by atoms with van der Waals surface area (Å²) in [5, 5.41) is 9.72. The largest absolute Gasteiger partial charge is 0.504 e. The van der Waals surface area contributed by atoms with Crippen LogP contribution in [-0.2, 0) is 6.54 Å². The fraction of sp³-hybridized carbons (Fsp3) is 0.294. The molecular weight excluding hydrogens is 250 g/mol. The van der Waals surface area contributed by atoms with Gasteiger partial charge in [0.1, 0.15) is 0 Å². The number of aromatic hydroxyl groups is 1. The second-order valence-corrected chi connectivity index (χ2v) is 4.93. The van der Waals surface area contributed by atoms with E-state index in [9.17, 15) is 5.11 Å². The van der Waals surface area contributed by atoms with Gasteiger partial charge in [-0.1, -0.05) is 18.2 Å². The van der Waals surface area contributed by atoms with Gasteiger partial charge in [-0.3, -0.25) is 0 Å². The van der Waals surface area contributed by atoms with E-state index < -0.39 is 0 Å². The van der Waals surface area contributed by atoms with Crippen molar-refractivity contribution in [1.29, 1.82) is 0 Å². The number of aryl methyl sites for hydroxylation is 1. The van der Waals surface area contributed by atoms with E-state index in [0.717, 1.165) is 12.1 Å². The topological polar surface area (TPSA) is 32.7 Å². The molecule has 2 aromatic rings. The molecule has 0 aromatic heterocycles. The minimum Gasteiger partial charge on any atom is -0.504 e. The van der Waals surface area contributed by atoms with Crippen LogP contribution in [0.2, 0.25) is 0 Å². The van der Waals surface area contributed by atoms with Crippen LogP contribution >= 0.6 is 0 Å². The summed E-state index contributed by atoms with van der Waals surface area (Å²) in [6, 6.07) is 13.9. The third-order valence-electron chi connectivity index (χ3n) is 3.19. The predicted molar refractivity (Wildman–Crippen MR) is 82.6 cm³/mol. The van der Waals surface area contributed by atoms with Crippen molar-refractivity contribution in [3.8, 4) is 11.5 Å². The molecule has 3 heteroatoms. The molecule has 2 aromatic carbocycles. The van der Waals surface area contributed by atoms with Crippen molar-refractivity contribution >= 4 is 5.69 Å². The Kier molecular flexibility index (Phi) is 4.51. The van der Waals surface area contributed by atoms with Crippen molar-refractivity contribution in [3.63, 3.8) is 0 Å². The first-order valence-corrected chi connectivity index (χ1v) is 6.82. The summed E-state index contributed by atoms with van der Waals surface area (Å²) >= 11 is 0. The van der Waals surface area contributed by atoms with E-state index >= 15 is 0 Å². The Morgan fingerprint density at radius 1 is 1.15 bits per heavy atom. The molecule has 0 unspecified atom stereocenters. The Morgan fingerprint density at radius 3 is 2.65 bits per heavy atom. The van der Waals surface area contributed by atoms with Gasteiger partial charge in [0.15, 0.2) is 11.5 Å². The molecule has 3 nitrogen and oxygen atoms in total. The first-order valence-electron chi connectivity index (χ1n) is 6.82. The Balaban J connectivity index is 2.15. The first kappa shape index (κ1) is 14.3. The zero-order valence-electron chi connectivity index (χ0n) is 12.3. The molecular formula is C17H21NO2. The Labute approximate surface area is 120 Å². The van der Waals surface area contributed by atoms with E-state index in [0.29, 0.717) is 12.4 Å². The van der Waals surface area contributed by atoms with Crippen LogP contribution in [0, 0.1) is 6.92 Å². The summed E-state index contributed by atoms with van der Waals surface area (Å²) in [6.07, 6.45) is 0. The second kappa shape index (κ2) is 6.33. The molecule has 20 heavy (non-hydrogen) atoms. The molecule has 0 fully saturated rings. The van der Waals surface area contributed by atoms with E-state index in [1.165, 1.54) is 11.3 Å². The maximum Gasteiger partial charge on any atom is 0.161 e. The van der Waals surface area contributed by atoms with Gasteiger partial charge in [-0.05, 0) is 49.2 Å². The number of hydrogen-bond donors (Lipinski definition) is 1. The number of nitrogens with zero attached hydrogens (tertiary/aromatic N) is 1. The van der Waals surface area contributed by atoms with Gasteiger partial charge in [-0.25, -0.2) is 0 Å². The fourth-order valence-corrected chi connectivity index (χ4v) is 2.16. The molecule has 0 bridgehead atoms. The molecule has 0 aliphatic carbocycles. The lowest BCUT2D eigenvalue weighted by molar-refractivity contribution is 0.318. The quantitative estimate of drug-likeness (QED) is 0.899. The molecule has 0 amide bonds. The maximum absolute atomic E-state index is 9.72. The van der Waals surface area contributed by atoms with Crippen molar-refractivity contribution in [2.75, 3.05) is 18.6 Å². The molecule has 0 spiro atoms. The maximum atomic E-state index is 9.72. The van der Waals surface area contributed by atoms with Crippen LogP contribution in [0.25, 0.3) is 0 Å². The van der Waals surface area contributed by atoms with Gasteiger partial charge in [-0.2, -0.15) is 0 Å². The average Bonchev–Trinajstić information content (AvgIpc) is 2.43. The first-order chi connectivity index (χ1) is 9.60. The van der Waals surface area contributed by atoms with E-state index in [4.69, 9.17) is 4.74 Å². The summed E-state index contributed by atoms with van der Waals surface area (Å²) < 4.78 is 5.42. The van der Waals surface area contributed by atoms with Crippen LogP contribution in [0.15, 0.2) is 42.5 Å². The predicted octanol–water partition coefficient (Wildman–Crippen LogP) is 3.74. The Hall–Kier alpha value is -2.16. The zero-order valence-corrected chi connectivity index (χ0v) is 12.3. The summed E-state index contributed by atoms with van der Waals surface area (Å²) in [5.74, 6) is 0.733. The molecule has 1 N–H and O–H groups in total. The van der Waals surface area contributed by atoms with Gasteiger partial charge in [-0.15, -0.1) is 0 Å². The van der Waals surface area contributed by atoms with Crippen LogP contribution in [-0.4, -0.2) is 18.8 Å². The number of hydrogen-bond acceptors (Lipinski definition) is 3. The smallest absolute Gasteiger partial charge is 0.161 e. The molecule has 0 saturated heterocycles. The van der Waals surface area contributed by atoms with Crippen LogP contribution in [0.3, 0.4) is 0 Å². The van der Waals surface area contributed by atoms with E-state index in [1.807, 2.05) is 19.1 Å². The number of benzene rings is 2. The third kappa shape index (κ3) is 3.44. The van der Waals surface area contributed by atoms with E-state index in [-0.39, 0.29) is 5.75 Å². The number of rotatable bonds is 5. The van der Waals surface area contributed by atoms with Crippen LogP contribution in [0.4, 0.5) is 5.69 Å². The summed E-state index contributed by atoms with van der Waals surface area (Å²) in [5.41, 5.74) is 3.53. The van der Waals surface area contributed by atoms with Crippen LogP contribution in [0.1, 0.15) is 18.1 Å². The molecule has 0 aliphatic rings. The SMILES string of the molecule is CCOc1cc(CN(C)c2cccc(C)c2)ccc1O. The van der Waals surface area contributed by atoms with Gasteiger partial charge in [0.25, 0.3) is 0 Å². The molecule has 106 valence electrons. The number of ether oxygens (including phenoxy) is 1. The summed E-state index contributed by atoms with van der Waals surface area (Å²) in [6.45, 7) is 5.31. The highest BCUT2D eigenvalue weighted by Crippen LogP contribution is 2.28. The lowest BCUT2D eigenvalue weighted by Gasteiger charge is -2.20. The van der Waals surface area contributed by atoms with Crippen molar-refractivity contribution < 1.29 is 9.84 Å². The average molecular weight is 271 g/mol. The highest BCUT2D eigenvalue weighted by atomic mass is 16.5. The van der Waals surface area contributed by atoms with E-state index in [2.05, 4.69) is 43.1 Å². The van der Waals surface area contributed by atoms with Gasteiger partial charge in [0.05, 0.1) is 6.61 Å². The number of anilines is 1. The van der Waals surface area contributed by atoms with Gasteiger partial charge >= 0.3 is 0 Å². The van der Waals surface area contributed by atoms with Gasteiger partial charge in [0, 0.05) is 19.3 Å². The monoisotopic (exact) mass is 271 g/mol. The van der Waals surface area contributed by atoms with Gasteiger partial charge in [0.2, 0.25) is 0 Å². The standard InChI is InChI=1S/C17H21NO2/c1-4-20-17-11-14(8-9-16(17)19)12-18(3)15-7-5-6-13(2)10-15/h5-11,19H,4,12H2,1-3H3. The van der Waals surface area contributed by atoms with Crippen molar-refractivity contribution in [1.82, 2.24) is 0 Å². The van der Waals surface area contributed by atoms with Crippen LogP contribution < -0.4 is 9.64 Å². The molecule has 0 saturated carbocycles. The molecule has 0 atom stereocenters. The lowest BCUT2D eigenvalue weighted by Crippen LogP contribution is -2.16. The van der Waals surface area contributed by atoms with Crippen molar-refractivity contribution in [3.05, 3.63) is 53.6 Å². The second-order valence-electron chi connectivity index (χ2n) is 4.93. The molecule has 0 radical (unpaired) electrons. The zero-order chi connectivity index (χ0) is 14.5. The van der Waals surface area contributed by atoms with Crippen LogP contribution in [0.5, 0.6) is 11.5 Å². The molecule has 0 aliphatic heterocycles. The van der Waals surface area contributed by atoms with Gasteiger partial charge < -0.3 is 14.7 Å². The lowest BCUT2D eigenvalue weighted by atomic mass is 10.1. The third-order valence-corrected chi connectivity index (χ3v) is 3.19. The fourth-order valence-electron chi connectivity index (χ4n) is 2.16. The minimum atomic E-state index is 0.189. The molecule has 0 heterocycles. The van der Waals surface area contributed by atoms with Crippen molar-refractivity contribution in [2.24, 2.45) is 0 Å². The number of phenols is 1. The highest BCUT2D eigenvalue weighted by Gasteiger charge is 2.06. The Bertz CT molecular complexity index is 581. The Morgan fingerprint density at radius 2 is 1.95 bits per heavy atom. The normalized spacial score (nSPS) is 10.3. The molecule has 2 rings (SSSR count). The van der Waals surface area contributed by atoms with E-state index in [1.54, 1.807) is 6.07 Å².